The number of hydrogen-bond donors (Lipinski definition) is 2. The highest BCUT2D eigenvalue weighted by molar-refractivity contribution is 9.10. The Morgan fingerprint density at radius 2 is 2.25 bits per heavy atom. The van der Waals surface area contributed by atoms with E-state index in [1.807, 2.05) is 12.1 Å². The monoisotopic (exact) mass is 341 g/mol. The molecule has 2 rings (SSSR count). The second-order valence-electron chi connectivity index (χ2n) is 4.64. The Bertz CT molecular complexity index is 625. The molecular weight excluding hydrogens is 326 g/mol. The summed E-state index contributed by atoms with van der Waals surface area (Å²) in [6.45, 7) is 2.42. The third-order valence-electron chi connectivity index (χ3n) is 3.18. The molecule has 0 saturated heterocycles. The van der Waals surface area contributed by atoms with Crippen molar-refractivity contribution in [2.45, 2.75) is 12.5 Å². The molecule has 0 bridgehead atoms. The summed E-state index contributed by atoms with van der Waals surface area (Å²) in [5, 5.41) is 13.3. The molecule has 0 aliphatic carbocycles. The highest BCUT2D eigenvalue weighted by Gasteiger charge is 2.38. The zero-order valence-corrected chi connectivity index (χ0v) is 12.9. The summed E-state index contributed by atoms with van der Waals surface area (Å²) in [6, 6.07) is 7.29. The SMILES string of the molecule is COCCNC(C)(C(=O)O)c1cc2cc(Br)ccc2o1. The van der Waals surface area contributed by atoms with Crippen LogP contribution in [-0.2, 0) is 15.1 Å². The van der Waals surface area contributed by atoms with Crippen molar-refractivity contribution >= 4 is 32.9 Å². The van der Waals surface area contributed by atoms with E-state index >= 15 is 0 Å². The van der Waals surface area contributed by atoms with E-state index in [1.165, 1.54) is 0 Å². The Balaban J connectivity index is 2.38. The molecule has 0 saturated carbocycles. The van der Waals surface area contributed by atoms with Gasteiger partial charge in [-0.15, -0.1) is 0 Å². The third-order valence-corrected chi connectivity index (χ3v) is 3.68. The lowest BCUT2D eigenvalue weighted by molar-refractivity contribution is -0.145. The van der Waals surface area contributed by atoms with Gasteiger partial charge in [-0.05, 0) is 31.2 Å². The molecule has 5 nitrogen and oxygen atoms in total. The molecule has 1 heterocycles. The summed E-state index contributed by atoms with van der Waals surface area (Å²) in [5.41, 5.74) is -0.631. The van der Waals surface area contributed by atoms with Crippen molar-refractivity contribution in [2.75, 3.05) is 20.3 Å². The Kier molecular flexibility index (Phi) is 4.47. The van der Waals surface area contributed by atoms with Crippen LogP contribution in [0.15, 0.2) is 33.2 Å². The van der Waals surface area contributed by atoms with Crippen molar-refractivity contribution in [3.05, 3.63) is 34.5 Å². The van der Waals surface area contributed by atoms with Crippen molar-refractivity contribution in [3.63, 3.8) is 0 Å². The minimum atomic E-state index is -1.29. The first-order valence-electron chi connectivity index (χ1n) is 6.14. The molecule has 1 aromatic carbocycles. The smallest absolute Gasteiger partial charge is 0.331 e. The quantitative estimate of drug-likeness (QED) is 0.790. The van der Waals surface area contributed by atoms with Crippen molar-refractivity contribution < 1.29 is 19.1 Å². The first-order chi connectivity index (χ1) is 9.47. The lowest BCUT2D eigenvalue weighted by Gasteiger charge is -2.23. The summed E-state index contributed by atoms with van der Waals surface area (Å²) in [4.78, 5) is 11.6. The molecule has 0 fully saturated rings. The zero-order valence-electron chi connectivity index (χ0n) is 11.3. The Hall–Kier alpha value is -1.37. The van der Waals surface area contributed by atoms with Crippen molar-refractivity contribution in [1.82, 2.24) is 5.32 Å². The summed E-state index contributed by atoms with van der Waals surface area (Å²) >= 11 is 3.38. The number of fused-ring (bicyclic) bond motifs is 1. The maximum absolute atomic E-state index is 11.6. The third kappa shape index (κ3) is 2.87. The molecule has 6 heteroatoms. The van der Waals surface area contributed by atoms with Crippen molar-refractivity contribution in [1.29, 1.82) is 0 Å². The van der Waals surface area contributed by atoms with Gasteiger partial charge in [0.05, 0.1) is 6.61 Å². The van der Waals surface area contributed by atoms with Crippen molar-refractivity contribution in [3.8, 4) is 0 Å². The van der Waals surface area contributed by atoms with Gasteiger partial charge in [-0.25, -0.2) is 4.79 Å². The van der Waals surface area contributed by atoms with Gasteiger partial charge in [-0.2, -0.15) is 0 Å². The van der Waals surface area contributed by atoms with Crippen LogP contribution in [0.5, 0.6) is 0 Å². The predicted octanol–water partition coefficient (Wildman–Crippen LogP) is 2.73. The van der Waals surface area contributed by atoms with E-state index in [2.05, 4.69) is 21.2 Å². The minimum absolute atomic E-state index is 0.370. The van der Waals surface area contributed by atoms with Crippen LogP contribution in [0.25, 0.3) is 11.0 Å². The van der Waals surface area contributed by atoms with E-state index in [-0.39, 0.29) is 0 Å². The number of hydrogen-bond acceptors (Lipinski definition) is 4. The Labute approximate surface area is 125 Å². The fraction of sp³-hybridized carbons (Fsp3) is 0.357. The van der Waals surface area contributed by atoms with E-state index in [0.717, 1.165) is 9.86 Å². The summed E-state index contributed by atoms with van der Waals surface area (Å²) in [6.07, 6.45) is 0. The van der Waals surface area contributed by atoms with Gasteiger partial charge in [0.15, 0.2) is 5.54 Å². The highest BCUT2D eigenvalue weighted by atomic mass is 79.9. The van der Waals surface area contributed by atoms with Crippen molar-refractivity contribution in [2.24, 2.45) is 0 Å². The van der Waals surface area contributed by atoms with Gasteiger partial charge in [0.2, 0.25) is 0 Å². The van der Waals surface area contributed by atoms with Gasteiger partial charge in [-0.1, -0.05) is 15.9 Å². The van der Waals surface area contributed by atoms with Crippen LogP contribution in [0.4, 0.5) is 0 Å². The summed E-state index contributed by atoms with van der Waals surface area (Å²) in [7, 11) is 1.57. The molecule has 1 atom stereocenters. The van der Waals surface area contributed by atoms with E-state index < -0.39 is 11.5 Å². The molecule has 0 aliphatic heterocycles. The van der Waals surface area contributed by atoms with Crippen LogP contribution >= 0.6 is 15.9 Å². The van der Waals surface area contributed by atoms with Crippen LogP contribution in [0, 0.1) is 0 Å². The molecule has 2 N–H and O–H groups in total. The lowest BCUT2D eigenvalue weighted by Crippen LogP contribution is -2.47. The van der Waals surface area contributed by atoms with Gasteiger partial charge in [0.25, 0.3) is 0 Å². The number of carboxylic acid groups (broad SMARTS) is 1. The van der Waals surface area contributed by atoms with Crippen LogP contribution in [-0.4, -0.2) is 31.3 Å². The maximum atomic E-state index is 11.6. The van der Waals surface area contributed by atoms with Crippen LogP contribution < -0.4 is 5.32 Å². The second-order valence-corrected chi connectivity index (χ2v) is 5.56. The number of aliphatic carboxylic acids is 1. The molecule has 108 valence electrons. The zero-order chi connectivity index (χ0) is 14.8. The molecule has 20 heavy (non-hydrogen) atoms. The highest BCUT2D eigenvalue weighted by Crippen LogP contribution is 2.30. The number of ether oxygens (including phenoxy) is 1. The van der Waals surface area contributed by atoms with Crippen LogP contribution in [0.2, 0.25) is 0 Å². The van der Waals surface area contributed by atoms with Gasteiger partial charge in [0.1, 0.15) is 11.3 Å². The number of carbonyl (C=O) groups is 1. The number of rotatable bonds is 6. The number of furan rings is 1. The number of nitrogens with one attached hydrogen (secondary N) is 1. The topological polar surface area (TPSA) is 71.7 Å². The summed E-state index contributed by atoms with van der Waals surface area (Å²) < 4.78 is 11.5. The fourth-order valence-corrected chi connectivity index (χ4v) is 2.31. The molecule has 0 aliphatic rings. The van der Waals surface area contributed by atoms with Gasteiger partial charge >= 0.3 is 5.97 Å². The Morgan fingerprint density at radius 1 is 1.50 bits per heavy atom. The Morgan fingerprint density at radius 3 is 2.90 bits per heavy atom. The molecule has 1 unspecified atom stereocenters. The minimum Gasteiger partial charge on any atom is -0.480 e. The molecule has 0 amide bonds. The van der Waals surface area contributed by atoms with E-state index in [1.54, 1.807) is 26.2 Å². The van der Waals surface area contributed by atoms with Gasteiger partial charge < -0.3 is 14.3 Å². The van der Waals surface area contributed by atoms with E-state index in [0.29, 0.717) is 24.5 Å². The van der Waals surface area contributed by atoms with Crippen LogP contribution in [0.3, 0.4) is 0 Å². The fourth-order valence-electron chi connectivity index (χ4n) is 1.93. The van der Waals surface area contributed by atoms with Gasteiger partial charge in [-0.3, -0.25) is 5.32 Å². The molecular formula is C14H16BrNO4. The predicted molar refractivity (Wildman–Crippen MR) is 78.8 cm³/mol. The average Bonchev–Trinajstić information content (AvgIpc) is 2.81. The molecule has 0 spiro atoms. The normalized spacial score (nSPS) is 14.3. The molecule has 2 aromatic rings. The number of benzene rings is 1. The lowest BCUT2D eigenvalue weighted by atomic mass is 9.99. The van der Waals surface area contributed by atoms with E-state index in [9.17, 15) is 9.90 Å². The molecule has 1 aromatic heterocycles. The summed E-state index contributed by atoms with van der Waals surface area (Å²) in [5.74, 6) is -0.624. The largest absolute Gasteiger partial charge is 0.480 e. The van der Waals surface area contributed by atoms with Gasteiger partial charge in [0, 0.05) is 23.5 Å². The van der Waals surface area contributed by atoms with E-state index in [4.69, 9.17) is 9.15 Å². The number of halogens is 1. The maximum Gasteiger partial charge on any atom is 0.331 e. The second kappa shape index (κ2) is 5.95. The molecule has 0 radical (unpaired) electrons. The van der Waals surface area contributed by atoms with Crippen LogP contribution in [0.1, 0.15) is 12.7 Å². The average molecular weight is 342 g/mol. The standard InChI is InChI=1S/C14H16BrNO4/c1-14(13(17)18,16-5-6-19-2)12-8-9-7-10(15)3-4-11(9)20-12/h3-4,7-8,16H,5-6H2,1-2H3,(H,17,18). The number of methoxy groups -OCH3 is 1. The number of carboxylic acids is 1. The first-order valence-corrected chi connectivity index (χ1v) is 6.93. The first kappa shape index (κ1) is 15.0.